The van der Waals surface area contributed by atoms with Crippen LogP contribution in [0.25, 0.3) is 11.0 Å². The lowest BCUT2D eigenvalue weighted by atomic mass is 10.0. The number of rotatable bonds is 9. The summed E-state index contributed by atoms with van der Waals surface area (Å²) >= 11 is 1.35. The average molecular weight is 543 g/mol. The molecule has 1 aliphatic heterocycles. The number of aromatic amines is 1. The molecule has 1 saturated heterocycles. The van der Waals surface area contributed by atoms with E-state index in [9.17, 15) is 9.59 Å². The van der Waals surface area contributed by atoms with E-state index >= 15 is 0 Å². The summed E-state index contributed by atoms with van der Waals surface area (Å²) in [5.74, 6) is 1.69. The number of H-pyrrole nitrogens is 1. The topological polar surface area (TPSA) is 100 Å². The number of piperidine rings is 1. The number of para-hydroxylation sites is 2. The number of nitrogens with zero attached hydrogens (tertiary/aromatic N) is 5. The summed E-state index contributed by atoms with van der Waals surface area (Å²) in [6.45, 7) is 2.30. The zero-order chi connectivity index (χ0) is 26.6. The first-order valence-electron chi connectivity index (χ1n) is 13.2. The number of anilines is 1. The van der Waals surface area contributed by atoms with Crippen molar-refractivity contribution in [3.05, 3.63) is 101 Å². The minimum atomic E-state index is -0.0850. The van der Waals surface area contributed by atoms with Gasteiger partial charge in [-0.3, -0.25) is 9.36 Å². The Morgan fingerprint density at radius 3 is 2.64 bits per heavy atom. The molecule has 9 nitrogen and oxygen atoms in total. The molecule has 4 heterocycles. The Kier molecular flexibility index (Phi) is 7.27. The van der Waals surface area contributed by atoms with Crippen LogP contribution in [0.15, 0.2) is 82.2 Å². The monoisotopic (exact) mass is 542 g/mol. The SMILES string of the molecule is O=C(CCN(Cc1ccco1)c1nc(Cc2ccccc2)ns1)N1CCC(n2c(=O)[nH]c3ccccc32)CC1. The number of aromatic nitrogens is 4. The van der Waals surface area contributed by atoms with Crippen LogP contribution in [0, 0.1) is 0 Å². The Morgan fingerprint density at radius 2 is 1.85 bits per heavy atom. The molecular weight excluding hydrogens is 512 g/mol. The highest BCUT2D eigenvalue weighted by Crippen LogP contribution is 2.26. The van der Waals surface area contributed by atoms with Crippen molar-refractivity contribution in [2.24, 2.45) is 0 Å². The predicted molar refractivity (Wildman–Crippen MR) is 151 cm³/mol. The molecule has 5 aromatic rings. The molecule has 2 aromatic carbocycles. The summed E-state index contributed by atoms with van der Waals surface area (Å²) in [7, 11) is 0. The van der Waals surface area contributed by atoms with Crippen LogP contribution in [-0.2, 0) is 17.8 Å². The van der Waals surface area contributed by atoms with E-state index < -0.39 is 0 Å². The number of hydrogen-bond acceptors (Lipinski definition) is 7. The van der Waals surface area contributed by atoms with Gasteiger partial charge in [-0.2, -0.15) is 4.37 Å². The largest absolute Gasteiger partial charge is 0.467 e. The van der Waals surface area contributed by atoms with Gasteiger partial charge in [-0.1, -0.05) is 42.5 Å². The van der Waals surface area contributed by atoms with E-state index in [0.29, 0.717) is 39.0 Å². The maximum atomic E-state index is 13.2. The molecule has 1 N–H and O–H groups in total. The Morgan fingerprint density at radius 1 is 1.05 bits per heavy atom. The molecule has 200 valence electrons. The van der Waals surface area contributed by atoms with Crippen LogP contribution >= 0.6 is 11.5 Å². The van der Waals surface area contributed by atoms with Gasteiger partial charge in [-0.15, -0.1) is 0 Å². The van der Waals surface area contributed by atoms with Crippen molar-refractivity contribution in [2.75, 3.05) is 24.5 Å². The number of carbonyl (C=O) groups is 1. The second-order valence-electron chi connectivity index (χ2n) is 9.84. The number of imidazole rings is 1. The molecule has 0 radical (unpaired) electrons. The lowest BCUT2D eigenvalue weighted by Gasteiger charge is -2.33. The molecule has 0 atom stereocenters. The van der Waals surface area contributed by atoms with Crippen molar-refractivity contribution < 1.29 is 9.21 Å². The van der Waals surface area contributed by atoms with Crippen LogP contribution in [0.1, 0.15) is 42.5 Å². The lowest BCUT2D eigenvalue weighted by Crippen LogP contribution is -2.41. The maximum absolute atomic E-state index is 13.2. The number of hydrogen-bond donors (Lipinski definition) is 1. The minimum Gasteiger partial charge on any atom is -0.467 e. The number of furan rings is 1. The molecule has 0 aliphatic carbocycles. The van der Waals surface area contributed by atoms with E-state index in [2.05, 4.69) is 26.4 Å². The van der Waals surface area contributed by atoms with Crippen molar-refractivity contribution >= 4 is 33.6 Å². The van der Waals surface area contributed by atoms with E-state index in [1.165, 1.54) is 11.5 Å². The first kappa shape index (κ1) is 25.1. The van der Waals surface area contributed by atoms with Crippen LogP contribution in [0.4, 0.5) is 5.13 Å². The predicted octanol–water partition coefficient (Wildman–Crippen LogP) is 4.63. The second-order valence-corrected chi connectivity index (χ2v) is 10.6. The molecule has 1 fully saturated rings. The highest BCUT2D eigenvalue weighted by atomic mass is 32.1. The highest BCUT2D eigenvalue weighted by Gasteiger charge is 2.26. The van der Waals surface area contributed by atoms with Crippen LogP contribution in [0.3, 0.4) is 0 Å². The van der Waals surface area contributed by atoms with Crippen molar-refractivity contribution in [1.82, 2.24) is 23.8 Å². The molecule has 39 heavy (non-hydrogen) atoms. The Bertz CT molecular complexity index is 1580. The molecule has 0 unspecified atom stereocenters. The van der Waals surface area contributed by atoms with Gasteiger partial charge in [0.2, 0.25) is 11.0 Å². The van der Waals surface area contributed by atoms with E-state index in [0.717, 1.165) is 46.2 Å². The third kappa shape index (κ3) is 5.65. The molecule has 1 amide bonds. The number of amides is 1. The normalized spacial score (nSPS) is 14.2. The van der Waals surface area contributed by atoms with Crippen LogP contribution < -0.4 is 10.6 Å². The third-order valence-electron chi connectivity index (χ3n) is 7.26. The molecular formula is C29H30N6O3S. The lowest BCUT2D eigenvalue weighted by molar-refractivity contribution is -0.132. The van der Waals surface area contributed by atoms with Gasteiger partial charge in [0.25, 0.3) is 0 Å². The molecule has 1 aliphatic rings. The summed E-state index contributed by atoms with van der Waals surface area (Å²) in [6.07, 6.45) is 4.19. The first-order chi connectivity index (χ1) is 19.1. The molecule has 0 bridgehead atoms. The van der Waals surface area contributed by atoms with Gasteiger partial charge >= 0.3 is 5.69 Å². The Hall–Kier alpha value is -4.18. The average Bonchev–Trinajstić information content (AvgIpc) is 3.72. The summed E-state index contributed by atoms with van der Waals surface area (Å²) in [5, 5.41) is 0.780. The van der Waals surface area contributed by atoms with Crippen LogP contribution in [-0.4, -0.2) is 49.3 Å². The zero-order valence-corrected chi connectivity index (χ0v) is 22.3. The standard InChI is InChI=1S/C29H30N6O3S/c36-27(33-15-12-22(13-16-33)35-25-11-5-4-10-24(25)30-28(35)37)14-17-34(20-23-9-6-18-38-23)29-31-26(32-39-29)19-21-7-2-1-3-8-21/h1-11,18,22H,12-17,19-20H2,(H,30,37). The zero-order valence-electron chi connectivity index (χ0n) is 21.5. The van der Waals surface area contributed by atoms with Gasteiger partial charge in [-0.05, 0) is 42.7 Å². The Balaban J connectivity index is 1.09. The summed E-state index contributed by atoms with van der Waals surface area (Å²) in [6, 6.07) is 21.8. The fourth-order valence-electron chi connectivity index (χ4n) is 5.26. The van der Waals surface area contributed by atoms with Gasteiger partial charge in [0.1, 0.15) is 11.6 Å². The molecule has 6 rings (SSSR count). The van der Waals surface area contributed by atoms with Crippen LogP contribution in [0.2, 0.25) is 0 Å². The van der Waals surface area contributed by atoms with Crippen molar-refractivity contribution in [3.63, 3.8) is 0 Å². The summed E-state index contributed by atoms with van der Waals surface area (Å²) < 4.78 is 12.0. The number of likely N-dealkylation sites (tertiary alicyclic amines) is 1. The smallest absolute Gasteiger partial charge is 0.326 e. The van der Waals surface area contributed by atoms with E-state index in [-0.39, 0.29) is 17.6 Å². The Labute approximate surface area is 229 Å². The maximum Gasteiger partial charge on any atom is 0.326 e. The van der Waals surface area contributed by atoms with Crippen molar-refractivity contribution in [3.8, 4) is 0 Å². The molecule has 0 saturated carbocycles. The molecule has 10 heteroatoms. The van der Waals surface area contributed by atoms with Gasteiger partial charge < -0.3 is 19.2 Å². The van der Waals surface area contributed by atoms with Gasteiger partial charge in [0.15, 0.2) is 0 Å². The van der Waals surface area contributed by atoms with Gasteiger partial charge in [0.05, 0.1) is 23.8 Å². The quantitative estimate of drug-likeness (QED) is 0.292. The van der Waals surface area contributed by atoms with Crippen molar-refractivity contribution in [2.45, 2.75) is 38.3 Å². The summed E-state index contributed by atoms with van der Waals surface area (Å²) in [4.78, 5) is 37.5. The fraction of sp³-hybridized carbons (Fsp3) is 0.310. The van der Waals surface area contributed by atoms with Gasteiger partial charge in [-0.25, -0.2) is 9.78 Å². The number of carbonyl (C=O) groups excluding carboxylic acids is 1. The highest BCUT2D eigenvalue weighted by molar-refractivity contribution is 7.09. The first-order valence-corrected chi connectivity index (χ1v) is 14.0. The molecule has 0 spiro atoms. The van der Waals surface area contributed by atoms with Gasteiger partial charge in [0, 0.05) is 50.1 Å². The van der Waals surface area contributed by atoms with E-state index in [4.69, 9.17) is 9.40 Å². The summed E-state index contributed by atoms with van der Waals surface area (Å²) in [5.41, 5.74) is 2.84. The third-order valence-corrected chi connectivity index (χ3v) is 8.08. The van der Waals surface area contributed by atoms with E-state index in [1.807, 2.05) is 64.1 Å². The second kappa shape index (κ2) is 11.3. The van der Waals surface area contributed by atoms with Crippen LogP contribution in [0.5, 0.6) is 0 Å². The minimum absolute atomic E-state index is 0.0811. The van der Waals surface area contributed by atoms with Crippen molar-refractivity contribution in [1.29, 1.82) is 0 Å². The fourth-order valence-corrected chi connectivity index (χ4v) is 5.97. The molecule has 3 aromatic heterocycles. The van der Waals surface area contributed by atoms with E-state index in [1.54, 1.807) is 6.26 Å². The number of benzene rings is 2. The number of fused-ring (bicyclic) bond motifs is 1. The number of nitrogens with one attached hydrogen (secondary N) is 1.